The Morgan fingerprint density at radius 3 is 2.65 bits per heavy atom. The zero-order valence-electron chi connectivity index (χ0n) is 9.86. The molecule has 0 amide bonds. The van der Waals surface area contributed by atoms with Crippen LogP contribution in [0.3, 0.4) is 0 Å². The number of benzene rings is 1. The molecular weight excluding hydrogens is 255 g/mol. The van der Waals surface area contributed by atoms with Crippen LogP contribution in [-0.4, -0.2) is 12.1 Å². The number of hydrogen-bond donors (Lipinski definition) is 2. The molecule has 1 aliphatic carbocycles. The van der Waals surface area contributed by atoms with Crippen molar-refractivity contribution in [3.05, 3.63) is 34.9 Å². The molecule has 2 rings (SSSR count). The summed E-state index contributed by atoms with van der Waals surface area (Å²) in [6.07, 6.45) is 4.88. The predicted molar refractivity (Wildman–Crippen MR) is 75.8 cm³/mol. The minimum absolute atomic E-state index is 0. The van der Waals surface area contributed by atoms with Gasteiger partial charge in [0, 0.05) is 23.7 Å². The maximum atomic E-state index is 6.11. The summed E-state index contributed by atoms with van der Waals surface area (Å²) in [6.45, 7) is 0.818. The van der Waals surface area contributed by atoms with Gasteiger partial charge in [-0.3, -0.25) is 0 Å². The Kier molecular flexibility index (Phi) is 6.28. The van der Waals surface area contributed by atoms with E-state index in [1.807, 2.05) is 18.2 Å². The Balaban J connectivity index is 0.00000144. The Morgan fingerprint density at radius 2 is 1.94 bits per heavy atom. The Bertz CT molecular complexity index is 344. The fourth-order valence-electron chi connectivity index (χ4n) is 2.30. The summed E-state index contributed by atoms with van der Waals surface area (Å²) in [4.78, 5) is 0. The van der Waals surface area contributed by atoms with E-state index in [9.17, 15) is 0 Å². The van der Waals surface area contributed by atoms with Gasteiger partial charge < -0.3 is 11.1 Å². The third-order valence-corrected chi connectivity index (χ3v) is 3.70. The smallest absolute Gasteiger partial charge is 0.0450 e. The van der Waals surface area contributed by atoms with Crippen LogP contribution in [0, 0.1) is 0 Å². The van der Waals surface area contributed by atoms with Crippen molar-refractivity contribution in [1.82, 2.24) is 5.32 Å². The van der Waals surface area contributed by atoms with E-state index in [0.29, 0.717) is 12.1 Å². The fraction of sp³-hybridized carbons (Fsp3) is 0.538. The molecule has 3 N–H and O–H groups in total. The topological polar surface area (TPSA) is 38.0 Å². The third-order valence-electron chi connectivity index (χ3n) is 3.33. The lowest BCUT2D eigenvalue weighted by atomic mass is 9.91. The van der Waals surface area contributed by atoms with Gasteiger partial charge in [0.2, 0.25) is 0 Å². The molecule has 0 radical (unpaired) electrons. The molecule has 4 heteroatoms. The quantitative estimate of drug-likeness (QED) is 0.889. The normalized spacial score (nSPS) is 24.1. The first-order chi connectivity index (χ1) is 7.77. The summed E-state index contributed by atoms with van der Waals surface area (Å²) in [5.41, 5.74) is 7.24. The molecule has 1 fully saturated rings. The highest BCUT2D eigenvalue weighted by atomic mass is 35.5. The minimum Gasteiger partial charge on any atom is -0.326 e. The fourth-order valence-corrected chi connectivity index (χ4v) is 2.50. The number of rotatable bonds is 3. The molecule has 2 atom stereocenters. The standard InChI is InChI=1S/C13H19ClN2.ClH/c14-11-6-2-1-5-10(11)9-16-13-8-4-3-7-12(13)15;/h1-2,5-6,12-13,16H,3-4,7-9,15H2;1H. The van der Waals surface area contributed by atoms with Crippen molar-refractivity contribution in [2.75, 3.05) is 0 Å². The zero-order chi connectivity index (χ0) is 11.4. The van der Waals surface area contributed by atoms with E-state index < -0.39 is 0 Å². The van der Waals surface area contributed by atoms with E-state index >= 15 is 0 Å². The lowest BCUT2D eigenvalue weighted by molar-refractivity contribution is 0.326. The molecule has 0 spiro atoms. The number of nitrogens with one attached hydrogen (secondary N) is 1. The summed E-state index contributed by atoms with van der Waals surface area (Å²) in [5.74, 6) is 0. The molecule has 2 nitrogen and oxygen atoms in total. The molecule has 0 aliphatic heterocycles. The average molecular weight is 275 g/mol. The SMILES string of the molecule is Cl.NC1CCCCC1NCc1ccccc1Cl. The van der Waals surface area contributed by atoms with Crippen LogP contribution in [0.25, 0.3) is 0 Å². The first-order valence-corrected chi connectivity index (χ1v) is 6.37. The summed E-state index contributed by atoms with van der Waals surface area (Å²) in [6, 6.07) is 8.71. The first kappa shape index (κ1) is 14.8. The van der Waals surface area contributed by atoms with Crippen molar-refractivity contribution in [2.45, 2.75) is 44.3 Å². The van der Waals surface area contributed by atoms with E-state index in [1.54, 1.807) is 0 Å². The Hall–Kier alpha value is -0.280. The van der Waals surface area contributed by atoms with Crippen molar-refractivity contribution in [3.8, 4) is 0 Å². The van der Waals surface area contributed by atoms with E-state index in [0.717, 1.165) is 23.6 Å². The first-order valence-electron chi connectivity index (χ1n) is 6.00. The van der Waals surface area contributed by atoms with Crippen LogP contribution < -0.4 is 11.1 Å². The van der Waals surface area contributed by atoms with E-state index in [4.69, 9.17) is 17.3 Å². The highest BCUT2D eigenvalue weighted by Crippen LogP contribution is 2.19. The van der Waals surface area contributed by atoms with E-state index in [2.05, 4.69) is 11.4 Å². The van der Waals surface area contributed by atoms with Crippen LogP contribution in [-0.2, 0) is 6.54 Å². The van der Waals surface area contributed by atoms with Crippen LogP contribution in [0.5, 0.6) is 0 Å². The van der Waals surface area contributed by atoms with Crippen LogP contribution in [0.4, 0.5) is 0 Å². The second-order valence-corrected chi connectivity index (χ2v) is 4.93. The third kappa shape index (κ3) is 4.14. The van der Waals surface area contributed by atoms with Crippen molar-refractivity contribution in [3.63, 3.8) is 0 Å². The van der Waals surface area contributed by atoms with Gasteiger partial charge in [-0.25, -0.2) is 0 Å². The molecule has 1 saturated carbocycles. The van der Waals surface area contributed by atoms with Crippen molar-refractivity contribution in [2.24, 2.45) is 5.73 Å². The maximum absolute atomic E-state index is 6.11. The predicted octanol–water partition coefficient (Wildman–Crippen LogP) is 3.12. The van der Waals surface area contributed by atoms with Gasteiger partial charge in [0.25, 0.3) is 0 Å². The molecule has 0 aromatic heterocycles. The van der Waals surface area contributed by atoms with Crippen molar-refractivity contribution < 1.29 is 0 Å². The summed E-state index contributed by atoms with van der Waals surface area (Å²) in [7, 11) is 0. The molecule has 17 heavy (non-hydrogen) atoms. The monoisotopic (exact) mass is 274 g/mol. The van der Waals surface area contributed by atoms with Gasteiger partial charge in [0.05, 0.1) is 0 Å². The Morgan fingerprint density at radius 1 is 1.24 bits per heavy atom. The molecule has 0 bridgehead atoms. The molecule has 0 heterocycles. The summed E-state index contributed by atoms with van der Waals surface area (Å²) < 4.78 is 0. The van der Waals surface area contributed by atoms with Gasteiger partial charge in [0.15, 0.2) is 0 Å². The number of hydrogen-bond acceptors (Lipinski definition) is 2. The van der Waals surface area contributed by atoms with Gasteiger partial charge in [-0.15, -0.1) is 12.4 Å². The van der Waals surface area contributed by atoms with Gasteiger partial charge >= 0.3 is 0 Å². The van der Waals surface area contributed by atoms with Crippen LogP contribution >= 0.6 is 24.0 Å². The number of halogens is 2. The van der Waals surface area contributed by atoms with Crippen LogP contribution in [0.2, 0.25) is 5.02 Å². The van der Waals surface area contributed by atoms with Gasteiger partial charge in [-0.2, -0.15) is 0 Å². The second kappa shape index (κ2) is 7.22. The zero-order valence-corrected chi connectivity index (χ0v) is 11.4. The molecule has 2 unspecified atom stereocenters. The van der Waals surface area contributed by atoms with Gasteiger partial charge in [0.1, 0.15) is 0 Å². The van der Waals surface area contributed by atoms with Crippen molar-refractivity contribution in [1.29, 1.82) is 0 Å². The molecule has 1 aromatic rings. The molecule has 0 saturated heterocycles. The van der Waals surface area contributed by atoms with Crippen LogP contribution in [0.15, 0.2) is 24.3 Å². The molecular formula is C13H20Cl2N2. The lowest BCUT2D eigenvalue weighted by Crippen LogP contribution is -2.46. The van der Waals surface area contributed by atoms with Crippen molar-refractivity contribution >= 4 is 24.0 Å². The largest absolute Gasteiger partial charge is 0.326 e. The van der Waals surface area contributed by atoms with Gasteiger partial charge in [-0.1, -0.05) is 42.6 Å². The highest BCUT2D eigenvalue weighted by Gasteiger charge is 2.20. The molecule has 1 aliphatic rings. The summed E-state index contributed by atoms with van der Waals surface area (Å²) in [5, 5.41) is 4.35. The summed E-state index contributed by atoms with van der Waals surface area (Å²) >= 11 is 6.11. The maximum Gasteiger partial charge on any atom is 0.0450 e. The lowest BCUT2D eigenvalue weighted by Gasteiger charge is -2.29. The van der Waals surface area contributed by atoms with E-state index in [-0.39, 0.29) is 12.4 Å². The van der Waals surface area contributed by atoms with E-state index in [1.165, 1.54) is 19.3 Å². The average Bonchev–Trinajstić information content (AvgIpc) is 2.30. The van der Waals surface area contributed by atoms with Crippen LogP contribution in [0.1, 0.15) is 31.2 Å². The van der Waals surface area contributed by atoms with Gasteiger partial charge in [-0.05, 0) is 24.5 Å². The Labute approximate surface area is 114 Å². The molecule has 96 valence electrons. The highest BCUT2D eigenvalue weighted by molar-refractivity contribution is 6.31. The second-order valence-electron chi connectivity index (χ2n) is 4.53. The number of nitrogens with two attached hydrogens (primary N) is 1. The molecule has 1 aromatic carbocycles. The minimum atomic E-state index is 0.